The van der Waals surface area contributed by atoms with Gasteiger partial charge in [-0.15, -0.1) is 0 Å². The van der Waals surface area contributed by atoms with E-state index in [1.54, 1.807) is 41.5 Å². The third kappa shape index (κ3) is 11.1. The van der Waals surface area contributed by atoms with Crippen molar-refractivity contribution in [3.8, 4) is 0 Å². The van der Waals surface area contributed by atoms with E-state index in [0.29, 0.717) is 18.4 Å². The van der Waals surface area contributed by atoms with Crippen LogP contribution in [0, 0.1) is 13.8 Å². The molecule has 256 valence electrons. The minimum absolute atomic E-state index is 0.156. The van der Waals surface area contributed by atoms with Crippen molar-refractivity contribution in [3.63, 3.8) is 0 Å². The number of hydrogen-bond donors (Lipinski definition) is 3. The molecule has 2 aromatic rings. The Bertz CT molecular complexity index is 1440. The van der Waals surface area contributed by atoms with Gasteiger partial charge < -0.3 is 30.7 Å². The van der Waals surface area contributed by atoms with E-state index in [-0.39, 0.29) is 12.5 Å². The Morgan fingerprint density at radius 3 is 2.02 bits per heavy atom. The zero-order valence-corrected chi connectivity index (χ0v) is 28.8. The van der Waals surface area contributed by atoms with E-state index in [0.717, 1.165) is 23.1 Å². The highest BCUT2D eigenvalue weighted by Gasteiger charge is 2.44. The quantitative estimate of drug-likeness (QED) is 0.284. The van der Waals surface area contributed by atoms with Crippen molar-refractivity contribution >= 4 is 29.8 Å². The molecule has 0 spiro atoms. The molecule has 4 amide bonds. The summed E-state index contributed by atoms with van der Waals surface area (Å²) in [5.41, 5.74) is 6.83. The number of carbonyl (C=O) groups is 5. The largest absolute Gasteiger partial charge is 0.458 e. The van der Waals surface area contributed by atoms with Crippen LogP contribution >= 0.6 is 0 Å². The smallest absolute Gasteiger partial charge is 0.408 e. The van der Waals surface area contributed by atoms with E-state index in [1.165, 1.54) is 4.90 Å². The normalized spacial score (nSPS) is 15.3. The van der Waals surface area contributed by atoms with Gasteiger partial charge in [-0.05, 0) is 91.3 Å². The molecule has 0 radical (unpaired) electrons. The molecule has 1 fully saturated rings. The zero-order chi connectivity index (χ0) is 35.1. The summed E-state index contributed by atoms with van der Waals surface area (Å²) in [5.74, 6) is -2.68. The Morgan fingerprint density at radius 1 is 0.872 bits per heavy atom. The summed E-state index contributed by atoms with van der Waals surface area (Å²) in [7, 11) is 0. The van der Waals surface area contributed by atoms with E-state index in [4.69, 9.17) is 15.2 Å². The van der Waals surface area contributed by atoms with Gasteiger partial charge in [0, 0.05) is 12.5 Å². The van der Waals surface area contributed by atoms with Crippen molar-refractivity contribution in [2.45, 2.75) is 123 Å². The molecule has 0 saturated heterocycles. The van der Waals surface area contributed by atoms with Gasteiger partial charge in [0.25, 0.3) is 0 Å². The van der Waals surface area contributed by atoms with E-state index in [2.05, 4.69) is 10.6 Å². The highest BCUT2D eigenvalue weighted by Crippen LogP contribution is 2.35. The Balaban J connectivity index is 2.11. The molecule has 3 rings (SSSR count). The minimum atomic E-state index is -1.39. The summed E-state index contributed by atoms with van der Waals surface area (Å²) in [4.78, 5) is 69.1. The lowest BCUT2D eigenvalue weighted by atomic mass is 9.86. The molecule has 1 aliphatic carbocycles. The third-order valence-corrected chi connectivity index (χ3v) is 7.66. The molecule has 3 atom stereocenters. The fourth-order valence-electron chi connectivity index (χ4n) is 5.35. The number of primary amides is 1. The molecule has 1 aliphatic rings. The molecule has 0 aromatic heterocycles. The highest BCUT2D eigenvalue weighted by molar-refractivity contribution is 5.96. The molecule has 0 aliphatic heterocycles. The van der Waals surface area contributed by atoms with Gasteiger partial charge in [-0.25, -0.2) is 9.59 Å². The maximum Gasteiger partial charge on any atom is 0.408 e. The van der Waals surface area contributed by atoms with Crippen molar-refractivity contribution in [2.75, 3.05) is 0 Å². The first kappa shape index (κ1) is 37.1. The van der Waals surface area contributed by atoms with Crippen LogP contribution in [-0.2, 0) is 35.1 Å². The zero-order valence-electron chi connectivity index (χ0n) is 28.8. The fourth-order valence-corrected chi connectivity index (χ4v) is 5.35. The SMILES string of the molecule is Cc1ccc(C)c(C(C(=O)NC(Cc2ccccc2)C(=O)OC(C)(C)C)N(C(=O)C(CC(N)=O)NC(=O)OC(C)(C)C)C2CCC2)c1. The summed E-state index contributed by atoms with van der Waals surface area (Å²) < 4.78 is 11.1. The van der Waals surface area contributed by atoms with Crippen LogP contribution in [0.3, 0.4) is 0 Å². The maximum absolute atomic E-state index is 14.6. The molecule has 47 heavy (non-hydrogen) atoms. The van der Waals surface area contributed by atoms with Crippen molar-refractivity contribution < 1.29 is 33.4 Å². The standard InChI is InChI=1S/C36H50N4O7/c1-22-17-18-23(2)26(19-22)30(31(42)38-28(33(44)46-35(3,4)5)20-24-13-10-9-11-14-24)40(25-15-12-16-25)32(43)27(21-29(37)41)39-34(45)47-36(6,7)8/h9-11,13-14,17-19,25,27-28,30H,12,15-16,20-21H2,1-8H3,(H2,37,41)(H,38,42)(H,39,45). The molecule has 0 heterocycles. The number of carbonyl (C=O) groups excluding carboxylic acids is 5. The van der Waals surface area contributed by atoms with E-state index in [9.17, 15) is 24.0 Å². The van der Waals surface area contributed by atoms with E-state index < -0.39 is 65.5 Å². The molecule has 11 heteroatoms. The van der Waals surface area contributed by atoms with Gasteiger partial charge in [0.15, 0.2) is 0 Å². The highest BCUT2D eigenvalue weighted by atomic mass is 16.6. The average molecular weight is 651 g/mol. The number of ether oxygens (including phenoxy) is 2. The first-order chi connectivity index (χ1) is 21.8. The number of nitrogens with one attached hydrogen (secondary N) is 2. The number of nitrogens with zero attached hydrogens (tertiary/aromatic N) is 1. The van der Waals surface area contributed by atoms with Gasteiger partial charge >= 0.3 is 12.1 Å². The van der Waals surface area contributed by atoms with Crippen LogP contribution in [0.1, 0.15) is 95.5 Å². The fraction of sp³-hybridized carbons (Fsp3) is 0.528. The Morgan fingerprint density at radius 2 is 1.49 bits per heavy atom. The van der Waals surface area contributed by atoms with Crippen LogP contribution in [0.4, 0.5) is 4.79 Å². The Kier molecular flexibility index (Phi) is 12.2. The minimum Gasteiger partial charge on any atom is -0.458 e. The molecular weight excluding hydrogens is 600 g/mol. The number of rotatable bonds is 12. The van der Waals surface area contributed by atoms with E-state index in [1.807, 2.05) is 62.4 Å². The number of alkyl carbamates (subject to hydrolysis) is 1. The molecule has 4 N–H and O–H groups in total. The maximum atomic E-state index is 14.6. The molecule has 0 bridgehead atoms. The van der Waals surface area contributed by atoms with Gasteiger partial charge in [-0.1, -0.05) is 54.1 Å². The van der Waals surface area contributed by atoms with Gasteiger partial charge in [0.2, 0.25) is 17.7 Å². The summed E-state index contributed by atoms with van der Waals surface area (Å²) >= 11 is 0. The number of nitrogens with two attached hydrogens (primary N) is 1. The summed E-state index contributed by atoms with van der Waals surface area (Å²) in [6.45, 7) is 14.0. The lowest BCUT2D eigenvalue weighted by Gasteiger charge is -2.44. The van der Waals surface area contributed by atoms with Gasteiger partial charge in [0.1, 0.15) is 29.3 Å². The topological polar surface area (TPSA) is 157 Å². The number of hydrogen-bond acceptors (Lipinski definition) is 7. The number of amides is 4. The third-order valence-electron chi connectivity index (χ3n) is 7.66. The van der Waals surface area contributed by atoms with Crippen molar-refractivity contribution in [1.29, 1.82) is 0 Å². The molecule has 3 unspecified atom stereocenters. The monoisotopic (exact) mass is 650 g/mol. The predicted octanol–water partition coefficient (Wildman–Crippen LogP) is 4.56. The summed E-state index contributed by atoms with van der Waals surface area (Å²) in [6.07, 6.45) is 0.793. The van der Waals surface area contributed by atoms with Crippen molar-refractivity contribution in [2.24, 2.45) is 5.73 Å². The van der Waals surface area contributed by atoms with Gasteiger partial charge in [-0.3, -0.25) is 14.4 Å². The predicted molar refractivity (Wildman–Crippen MR) is 178 cm³/mol. The molecular formula is C36H50N4O7. The van der Waals surface area contributed by atoms with Crippen LogP contribution < -0.4 is 16.4 Å². The van der Waals surface area contributed by atoms with Crippen LogP contribution in [0.25, 0.3) is 0 Å². The van der Waals surface area contributed by atoms with Crippen LogP contribution in [0.15, 0.2) is 48.5 Å². The first-order valence-corrected chi connectivity index (χ1v) is 16.1. The second kappa shape index (κ2) is 15.5. The van der Waals surface area contributed by atoms with E-state index >= 15 is 0 Å². The summed E-state index contributed by atoms with van der Waals surface area (Å²) in [6, 6.07) is 10.8. The second-order valence-corrected chi connectivity index (χ2v) is 14.2. The molecule has 2 aromatic carbocycles. The number of benzene rings is 2. The summed E-state index contributed by atoms with van der Waals surface area (Å²) in [5, 5.41) is 5.43. The van der Waals surface area contributed by atoms with Gasteiger partial charge in [-0.2, -0.15) is 0 Å². The second-order valence-electron chi connectivity index (χ2n) is 14.2. The Hall–Kier alpha value is -4.41. The lowest BCUT2D eigenvalue weighted by molar-refractivity contribution is -0.159. The lowest BCUT2D eigenvalue weighted by Crippen LogP contribution is -2.59. The molecule has 11 nitrogen and oxygen atoms in total. The Labute approximate surface area is 277 Å². The van der Waals surface area contributed by atoms with Crippen LogP contribution in [0.2, 0.25) is 0 Å². The molecule has 1 saturated carbocycles. The average Bonchev–Trinajstić information content (AvgIpc) is 2.90. The van der Waals surface area contributed by atoms with Crippen LogP contribution in [-0.4, -0.2) is 64.0 Å². The van der Waals surface area contributed by atoms with Crippen molar-refractivity contribution in [3.05, 3.63) is 70.8 Å². The number of aryl methyl sites for hydroxylation is 2. The van der Waals surface area contributed by atoms with Crippen LogP contribution in [0.5, 0.6) is 0 Å². The van der Waals surface area contributed by atoms with Gasteiger partial charge in [0.05, 0.1) is 6.42 Å². The number of esters is 1. The first-order valence-electron chi connectivity index (χ1n) is 16.1. The van der Waals surface area contributed by atoms with Crippen molar-refractivity contribution in [1.82, 2.24) is 15.5 Å².